The lowest BCUT2D eigenvalue weighted by Gasteiger charge is -2.38. The van der Waals surface area contributed by atoms with Crippen LogP contribution in [0.5, 0.6) is 5.75 Å². The first-order valence-corrected chi connectivity index (χ1v) is 7.18. The van der Waals surface area contributed by atoms with Crippen LogP contribution in [0, 0.1) is 5.41 Å². The van der Waals surface area contributed by atoms with Crippen LogP contribution in [0.3, 0.4) is 0 Å². The molecule has 0 bridgehead atoms. The van der Waals surface area contributed by atoms with Crippen LogP contribution in [-0.4, -0.2) is 50.5 Å². The van der Waals surface area contributed by atoms with Gasteiger partial charge in [0.2, 0.25) is 0 Å². The molecular weight excluding hydrogens is 254 g/mol. The predicted molar refractivity (Wildman–Crippen MR) is 78.9 cm³/mol. The van der Waals surface area contributed by atoms with Crippen molar-refractivity contribution in [3.63, 3.8) is 0 Å². The van der Waals surface area contributed by atoms with Crippen molar-refractivity contribution in [2.45, 2.75) is 19.4 Å². The molecule has 1 fully saturated rings. The second-order valence-electron chi connectivity index (χ2n) is 5.80. The molecule has 0 spiro atoms. The molecule has 1 atom stereocenters. The van der Waals surface area contributed by atoms with Gasteiger partial charge in [-0.25, -0.2) is 0 Å². The molecule has 1 unspecified atom stereocenters. The third-order valence-corrected chi connectivity index (χ3v) is 3.98. The van der Waals surface area contributed by atoms with Crippen LogP contribution in [0.1, 0.15) is 18.4 Å². The largest absolute Gasteiger partial charge is 0.496 e. The number of methoxy groups -OCH3 is 1. The molecule has 0 radical (unpaired) electrons. The lowest BCUT2D eigenvalue weighted by atomic mass is 9.83. The Morgan fingerprint density at radius 2 is 2.20 bits per heavy atom. The Labute approximate surface area is 121 Å². The molecule has 1 N–H and O–H groups in total. The minimum atomic E-state index is -0.116. The quantitative estimate of drug-likeness (QED) is 0.864. The van der Waals surface area contributed by atoms with Crippen molar-refractivity contribution < 1.29 is 14.6 Å². The Kier molecular flexibility index (Phi) is 5.40. The predicted octanol–water partition coefficient (Wildman–Crippen LogP) is 1.92. The molecule has 4 heteroatoms. The van der Waals surface area contributed by atoms with Gasteiger partial charge in [-0.15, -0.1) is 0 Å². The number of rotatable bonds is 6. The summed E-state index contributed by atoms with van der Waals surface area (Å²) in [6.07, 6.45) is 2.06. The molecule has 1 aliphatic rings. The number of aliphatic hydroxyl groups is 1. The lowest BCUT2D eigenvalue weighted by molar-refractivity contribution is -0.0532. The minimum Gasteiger partial charge on any atom is -0.496 e. The molecule has 1 saturated heterocycles. The average Bonchev–Trinajstić information content (AvgIpc) is 2.48. The summed E-state index contributed by atoms with van der Waals surface area (Å²) < 4.78 is 10.9. The van der Waals surface area contributed by atoms with Crippen molar-refractivity contribution in [2.24, 2.45) is 5.41 Å². The zero-order chi connectivity index (χ0) is 14.4. The molecule has 1 aliphatic heterocycles. The van der Waals surface area contributed by atoms with Gasteiger partial charge in [-0.05, 0) is 26.0 Å². The van der Waals surface area contributed by atoms with E-state index in [1.54, 1.807) is 7.11 Å². The number of nitrogens with zero attached hydrogens (tertiary/aromatic N) is 1. The summed E-state index contributed by atoms with van der Waals surface area (Å²) in [7, 11) is 3.78. The van der Waals surface area contributed by atoms with Gasteiger partial charge in [0, 0.05) is 30.7 Å². The maximum atomic E-state index is 9.73. The van der Waals surface area contributed by atoms with Crippen LogP contribution in [-0.2, 0) is 11.3 Å². The maximum absolute atomic E-state index is 9.73. The summed E-state index contributed by atoms with van der Waals surface area (Å²) in [6.45, 7) is 3.30. The van der Waals surface area contributed by atoms with Crippen LogP contribution in [0.25, 0.3) is 0 Å². The third-order valence-electron chi connectivity index (χ3n) is 3.98. The number of benzene rings is 1. The van der Waals surface area contributed by atoms with Crippen molar-refractivity contribution in [3.05, 3.63) is 29.8 Å². The number of hydrogen-bond donors (Lipinski definition) is 1. The summed E-state index contributed by atoms with van der Waals surface area (Å²) in [6, 6.07) is 8.07. The highest BCUT2D eigenvalue weighted by atomic mass is 16.5. The van der Waals surface area contributed by atoms with E-state index in [2.05, 4.69) is 18.0 Å². The van der Waals surface area contributed by atoms with Crippen LogP contribution < -0.4 is 4.74 Å². The Balaban J connectivity index is 1.99. The normalized spacial score (nSPS) is 23.0. The van der Waals surface area contributed by atoms with Crippen molar-refractivity contribution in [2.75, 3.05) is 40.5 Å². The molecule has 0 aromatic heterocycles. The van der Waals surface area contributed by atoms with Gasteiger partial charge in [-0.2, -0.15) is 0 Å². The number of aliphatic hydroxyl groups excluding tert-OH is 1. The van der Waals surface area contributed by atoms with Gasteiger partial charge in [0.15, 0.2) is 0 Å². The standard InChI is InChI=1S/C16H25NO3/c1-17(10-14-6-3-4-7-15(14)19-2)11-16(12-18)8-5-9-20-13-16/h3-4,6-7,18H,5,8-13H2,1-2H3. The molecule has 0 aliphatic carbocycles. The van der Waals surface area contributed by atoms with Gasteiger partial charge in [0.1, 0.15) is 5.75 Å². The fourth-order valence-corrected chi connectivity index (χ4v) is 2.96. The van der Waals surface area contributed by atoms with Crippen LogP contribution in [0.15, 0.2) is 24.3 Å². The summed E-state index contributed by atoms with van der Waals surface area (Å²) in [4.78, 5) is 2.24. The van der Waals surface area contributed by atoms with Gasteiger partial charge in [0.05, 0.1) is 20.3 Å². The monoisotopic (exact) mass is 279 g/mol. The highest BCUT2D eigenvalue weighted by Gasteiger charge is 2.33. The minimum absolute atomic E-state index is 0.116. The van der Waals surface area contributed by atoms with E-state index < -0.39 is 0 Å². The first-order chi connectivity index (χ1) is 9.69. The highest BCUT2D eigenvalue weighted by molar-refractivity contribution is 5.33. The van der Waals surface area contributed by atoms with E-state index in [9.17, 15) is 5.11 Å². The second kappa shape index (κ2) is 7.07. The van der Waals surface area contributed by atoms with Crippen molar-refractivity contribution in [3.8, 4) is 5.75 Å². The van der Waals surface area contributed by atoms with E-state index in [1.165, 1.54) is 5.56 Å². The molecular formula is C16H25NO3. The van der Waals surface area contributed by atoms with Gasteiger partial charge in [-0.1, -0.05) is 18.2 Å². The summed E-state index contributed by atoms with van der Waals surface area (Å²) in [5.74, 6) is 0.914. The van der Waals surface area contributed by atoms with E-state index in [-0.39, 0.29) is 12.0 Å². The van der Waals surface area contributed by atoms with Gasteiger partial charge in [-0.3, -0.25) is 0 Å². The highest BCUT2D eigenvalue weighted by Crippen LogP contribution is 2.30. The van der Waals surface area contributed by atoms with Gasteiger partial charge < -0.3 is 19.5 Å². The molecule has 1 aromatic carbocycles. The van der Waals surface area contributed by atoms with Crippen LogP contribution >= 0.6 is 0 Å². The van der Waals surface area contributed by atoms with E-state index >= 15 is 0 Å². The number of ether oxygens (including phenoxy) is 2. The molecule has 20 heavy (non-hydrogen) atoms. The molecule has 112 valence electrons. The Bertz CT molecular complexity index is 416. The Hall–Kier alpha value is -1.10. The number of hydrogen-bond acceptors (Lipinski definition) is 4. The van der Waals surface area contributed by atoms with Crippen LogP contribution in [0.4, 0.5) is 0 Å². The molecule has 0 amide bonds. The topological polar surface area (TPSA) is 41.9 Å². The van der Waals surface area contributed by atoms with Crippen LogP contribution in [0.2, 0.25) is 0 Å². The molecule has 2 rings (SSSR count). The third kappa shape index (κ3) is 3.72. The zero-order valence-corrected chi connectivity index (χ0v) is 12.5. The smallest absolute Gasteiger partial charge is 0.123 e. The van der Waals surface area contributed by atoms with E-state index in [4.69, 9.17) is 9.47 Å². The maximum Gasteiger partial charge on any atom is 0.123 e. The van der Waals surface area contributed by atoms with Gasteiger partial charge in [0.25, 0.3) is 0 Å². The van der Waals surface area contributed by atoms with Gasteiger partial charge >= 0.3 is 0 Å². The van der Waals surface area contributed by atoms with Crippen molar-refractivity contribution in [1.29, 1.82) is 0 Å². The molecule has 1 aromatic rings. The fourth-order valence-electron chi connectivity index (χ4n) is 2.96. The first-order valence-electron chi connectivity index (χ1n) is 7.18. The molecule has 4 nitrogen and oxygen atoms in total. The summed E-state index contributed by atoms with van der Waals surface area (Å²) >= 11 is 0. The Morgan fingerprint density at radius 3 is 2.85 bits per heavy atom. The Morgan fingerprint density at radius 1 is 1.40 bits per heavy atom. The second-order valence-corrected chi connectivity index (χ2v) is 5.80. The first kappa shape index (κ1) is 15.3. The van der Waals surface area contributed by atoms with E-state index in [1.807, 2.05) is 18.2 Å². The average molecular weight is 279 g/mol. The van der Waals surface area contributed by atoms with Crippen molar-refractivity contribution >= 4 is 0 Å². The number of para-hydroxylation sites is 1. The van der Waals surface area contributed by atoms with E-state index in [0.717, 1.165) is 38.3 Å². The zero-order valence-electron chi connectivity index (χ0n) is 12.5. The summed E-state index contributed by atoms with van der Waals surface area (Å²) in [5, 5.41) is 9.73. The van der Waals surface area contributed by atoms with E-state index in [0.29, 0.717) is 6.61 Å². The lowest BCUT2D eigenvalue weighted by Crippen LogP contribution is -2.44. The van der Waals surface area contributed by atoms with Crippen molar-refractivity contribution in [1.82, 2.24) is 4.90 Å². The molecule has 1 heterocycles. The fraction of sp³-hybridized carbons (Fsp3) is 0.625. The summed E-state index contributed by atoms with van der Waals surface area (Å²) in [5.41, 5.74) is 1.05. The SMILES string of the molecule is COc1ccccc1CN(C)CC1(CO)CCCOC1. The molecule has 0 saturated carbocycles.